The molecule has 0 spiro atoms. The fourth-order valence-electron chi connectivity index (χ4n) is 2.92. The lowest BCUT2D eigenvalue weighted by atomic mass is 9.98. The van der Waals surface area contributed by atoms with Gasteiger partial charge in [0, 0.05) is 18.7 Å². The summed E-state index contributed by atoms with van der Waals surface area (Å²) >= 11 is 0. The van der Waals surface area contributed by atoms with Gasteiger partial charge in [0.15, 0.2) is 0 Å². The maximum absolute atomic E-state index is 5.81. The van der Waals surface area contributed by atoms with E-state index in [1.165, 1.54) is 18.4 Å². The third kappa shape index (κ3) is 4.22. The molecule has 1 aliphatic rings. The second-order valence-electron chi connectivity index (χ2n) is 5.67. The van der Waals surface area contributed by atoms with Crippen LogP contribution in [-0.4, -0.2) is 25.9 Å². The Morgan fingerprint density at radius 1 is 1.45 bits per heavy atom. The van der Waals surface area contributed by atoms with Crippen molar-refractivity contribution in [3.05, 3.63) is 29.8 Å². The van der Waals surface area contributed by atoms with Crippen molar-refractivity contribution in [2.24, 2.45) is 0 Å². The third-order valence-electron chi connectivity index (χ3n) is 4.06. The second kappa shape index (κ2) is 7.65. The largest absolute Gasteiger partial charge is 0.497 e. The first-order chi connectivity index (χ1) is 9.72. The van der Waals surface area contributed by atoms with Gasteiger partial charge in [0.05, 0.1) is 13.2 Å². The van der Waals surface area contributed by atoms with Crippen molar-refractivity contribution in [2.45, 2.75) is 57.7 Å². The lowest BCUT2D eigenvalue weighted by molar-refractivity contribution is -0.00473. The summed E-state index contributed by atoms with van der Waals surface area (Å²) in [6.07, 6.45) is 5.04. The average molecular weight is 277 g/mol. The number of hydrogen-bond donors (Lipinski definition) is 1. The van der Waals surface area contributed by atoms with Crippen LogP contribution in [0.2, 0.25) is 0 Å². The summed E-state index contributed by atoms with van der Waals surface area (Å²) in [5.41, 5.74) is 1.28. The zero-order valence-corrected chi connectivity index (χ0v) is 12.9. The maximum atomic E-state index is 5.81. The third-order valence-corrected chi connectivity index (χ3v) is 4.06. The molecule has 2 unspecified atom stereocenters. The first-order valence-electron chi connectivity index (χ1n) is 7.74. The van der Waals surface area contributed by atoms with E-state index in [4.69, 9.17) is 9.47 Å². The number of rotatable bonds is 6. The smallest absolute Gasteiger partial charge is 0.119 e. The summed E-state index contributed by atoms with van der Waals surface area (Å²) in [7, 11) is 1.71. The SMILES string of the molecule is CCCC1CC(N[C@H](C)c2cccc(OC)c2)CCO1. The standard InChI is InChI=1S/C17H27NO2/c1-4-6-17-12-15(9-10-20-17)18-13(2)14-7-5-8-16(11-14)19-3/h5,7-8,11,13,15,17-18H,4,6,9-10,12H2,1-3H3/t13-,15?,17?/m1/s1. The first kappa shape index (κ1) is 15.3. The topological polar surface area (TPSA) is 30.5 Å². The number of ether oxygens (including phenoxy) is 2. The second-order valence-corrected chi connectivity index (χ2v) is 5.67. The van der Waals surface area contributed by atoms with E-state index in [1.54, 1.807) is 7.11 Å². The van der Waals surface area contributed by atoms with Gasteiger partial charge in [-0.1, -0.05) is 25.5 Å². The predicted molar refractivity (Wildman–Crippen MR) is 82.2 cm³/mol. The van der Waals surface area contributed by atoms with E-state index in [1.807, 2.05) is 6.07 Å². The minimum Gasteiger partial charge on any atom is -0.497 e. The van der Waals surface area contributed by atoms with E-state index in [0.29, 0.717) is 18.2 Å². The molecule has 1 aromatic rings. The van der Waals surface area contributed by atoms with E-state index >= 15 is 0 Å². The van der Waals surface area contributed by atoms with E-state index < -0.39 is 0 Å². The summed E-state index contributed by atoms with van der Waals surface area (Å²) in [6.45, 7) is 5.32. The molecular formula is C17H27NO2. The molecule has 1 heterocycles. The van der Waals surface area contributed by atoms with E-state index in [9.17, 15) is 0 Å². The summed E-state index contributed by atoms with van der Waals surface area (Å²) in [5, 5.41) is 3.74. The van der Waals surface area contributed by atoms with Crippen LogP contribution < -0.4 is 10.1 Å². The van der Waals surface area contributed by atoms with Crippen LogP contribution in [0.25, 0.3) is 0 Å². The summed E-state index contributed by atoms with van der Waals surface area (Å²) in [6, 6.07) is 9.21. The van der Waals surface area contributed by atoms with Gasteiger partial charge in [-0.2, -0.15) is 0 Å². The van der Waals surface area contributed by atoms with E-state index in [-0.39, 0.29) is 0 Å². The minimum absolute atomic E-state index is 0.343. The van der Waals surface area contributed by atoms with Gasteiger partial charge in [-0.05, 0) is 43.9 Å². The van der Waals surface area contributed by atoms with E-state index in [2.05, 4.69) is 37.4 Å². The van der Waals surface area contributed by atoms with Crippen LogP contribution >= 0.6 is 0 Å². The quantitative estimate of drug-likeness (QED) is 0.860. The Morgan fingerprint density at radius 2 is 2.30 bits per heavy atom. The predicted octanol–water partition coefficient (Wildman–Crippen LogP) is 3.69. The normalized spacial score (nSPS) is 24.4. The first-order valence-corrected chi connectivity index (χ1v) is 7.74. The van der Waals surface area contributed by atoms with Crippen LogP contribution in [0.5, 0.6) is 5.75 Å². The molecule has 0 radical (unpaired) electrons. The van der Waals surface area contributed by atoms with Gasteiger partial charge in [0.1, 0.15) is 5.75 Å². The zero-order valence-electron chi connectivity index (χ0n) is 12.9. The average Bonchev–Trinajstić information content (AvgIpc) is 2.48. The van der Waals surface area contributed by atoms with Gasteiger partial charge in [0.25, 0.3) is 0 Å². The van der Waals surface area contributed by atoms with E-state index in [0.717, 1.165) is 25.2 Å². The van der Waals surface area contributed by atoms with Crippen molar-refractivity contribution in [1.82, 2.24) is 5.32 Å². The van der Waals surface area contributed by atoms with Crippen molar-refractivity contribution in [1.29, 1.82) is 0 Å². The molecule has 3 atom stereocenters. The monoisotopic (exact) mass is 277 g/mol. The molecule has 0 bridgehead atoms. The summed E-state index contributed by atoms with van der Waals surface area (Å²) in [4.78, 5) is 0. The molecule has 1 fully saturated rings. The van der Waals surface area contributed by atoms with Crippen LogP contribution in [0, 0.1) is 0 Å². The molecule has 1 aliphatic heterocycles. The molecule has 0 aliphatic carbocycles. The molecule has 1 saturated heterocycles. The summed E-state index contributed by atoms with van der Waals surface area (Å²) < 4.78 is 11.1. The fourth-order valence-corrected chi connectivity index (χ4v) is 2.92. The van der Waals surface area contributed by atoms with Gasteiger partial charge in [-0.25, -0.2) is 0 Å². The number of nitrogens with one attached hydrogen (secondary N) is 1. The number of hydrogen-bond acceptors (Lipinski definition) is 3. The van der Waals surface area contributed by atoms with Crippen molar-refractivity contribution >= 4 is 0 Å². The fraction of sp³-hybridized carbons (Fsp3) is 0.647. The molecule has 1 aromatic carbocycles. The van der Waals surface area contributed by atoms with Crippen LogP contribution in [0.4, 0.5) is 0 Å². The van der Waals surface area contributed by atoms with Gasteiger partial charge in [0.2, 0.25) is 0 Å². The highest BCUT2D eigenvalue weighted by Crippen LogP contribution is 2.23. The minimum atomic E-state index is 0.343. The van der Waals surface area contributed by atoms with Gasteiger partial charge >= 0.3 is 0 Å². The van der Waals surface area contributed by atoms with Gasteiger partial charge < -0.3 is 14.8 Å². The van der Waals surface area contributed by atoms with Crippen LogP contribution in [0.15, 0.2) is 24.3 Å². The Kier molecular flexibility index (Phi) is 5.86. The molecule has 3 heteroatoms. The highest BCUT2D eigenvalue weighted by Gasteiger charge is 2.23. The molecule has 112 valence electrons. The number of methoxy groups -OCH3 is 1. The van der Waals surface area contributed by atoms with Gasteiger partial charge in [-0.15, -0.1) is 0 Å². The van der Waals surface area contributed by atoms with Crippen LogP contribution in [-0.2, 0) is 4.74 Å². The molecule has 20 heavy (non-hydrogen) atoms. The Hall–Kier alpha value is -1.06. The van der Waals surface area contributed by atoms with Crippen molar-refractivity contribution in [3.8, 4) is 5.75 Å². The Balaban J connectivity index is 1.91. The molecule has 0 amide bonds. The molecule has 3 nitrogen and oxygen atoms in total. The Labute approximate surface area is 122 Å². The Bertz CT molecular complexity index is 406. The number of benzene rings is 1. The molecule has 1 N–H and O–H groups in total. The van der Waals surface area contributed by atoms with Crippen LogP contribution in [0.3, 0.4) is 0 Å². The highest BCUT2D eigenvalue weighted by atomic mass is 16.5. The lowest BCUT2D eigenvalue weighted by Gasteiger charge is -2.32. The van der Waals surface area contributed by atoms with Crippen molar-refractivity contribution in [2.75, 3.05) is 13.7 Å². The van der Waals surface area contributed by atoms with Crippen LogP contribution in [0.1, 0.15) is 51.1 Å². The molecule has 2 rings (SSSR count). The molecular weight excluding hydrogens is 250 g/mol. The molecule has 0 aromatic heterocycles. The lowest BCUT2D eigenvalue weighted by Crippen LogP contribution is -2.40. The van der Waals surface area contributed by atoms with Gasteiger partial charge in [-0.3, -0.25) is 0 Å². The molecule has 0 saturated carbocycles. The summed E-state index contributed by atoms with van der Waals surface area (Å²) in [5.74, 6) is 0.923. The van der Waals surface area contributed by atoms with Crippen molar-refractivity contribution in [3.63, 3.8) is 0 Å². The zero-order chi connectivity index (χ0) is 14.4. The maximum Gasteiger partial charge on any atom is 0.119 e. The Morgan fingerprint density at radius 3 is 3.05 bits per heavy atom. The highest BCUT2D eigenvalue weighted by molar-refractivity contribution is 5.30. The van der Waals surface area contributed by atoms with Crippen molar-refractivity contribution < 1.29 is 9.47 Å².